The summed E-state index contributed by atoms with van der Waals surface area (Å²) >= 11 is 4.94. The zero-order valence-electron chi connectivity index (χ0n) is 11.8. The molecule has 0 aliphatic heterocycles. The second-order valence-electron chi connectivity index (χ2n) is 4.55. The molecule has 0 aliphatic carbocycles. The summed E-state index contributed by atoms with van der Waals surface area (Å²) in [6.45, 7) is 6.25. The molecule has 0 saturated heterocycles. The smallest absolute Gasteiger partial charge is 0.119 e. The molecule has 106 valence electrons. The Hall–Kier alpha value is -1.33. The SMILES string of the molecule is COc1ccc(OCCN(CC(N)=S)C(C)C)cc1. The van der Waals surface area contributed by atoms with Gasteiger partial charge in [-0.1, -0.05) is 12.2 Å². The first-order chi connectivity index (χ1) is 9.02. The number of thiocarbonyl (C=S) groups is 1. The van der Waals surface area contributed by atoms with E-state index < -0.39 is 0 Å². The Morgan fingerprint density at radius 3 is 2.32 bits per heavy atom. The second-order valence-corrected chi connectivity index (χ2v) is 5.08. The number of ether oxygens (including phenoxy) is 2. The maximum atomic E-state index is 5.69. The Morgan fingerprint density at radius 2 is 1.84 bits per heavy atom. The lowest BCUT2D eigenvalue weighted by atomic mass is 10.3. The monoisotopic (exact) mass is 282 g/mol. The van der Waals surface area contributed by atoms with Gasteiger partial charge in [-0.3, -0.25) is 4.90 Å². The molecule has 0 radical (unpaired) electrons. The lowest BCUT2D eigenvalue weighted by Gasteiger charge is -2.25. The van der Waals surface area contributed by atoms with Crippen LogP contribution in [0.15, 0.2) is 24.3 Å². The van der Waals surface area contributed by atoms with Crippen LogP contribution in [0.4, 0.5) is 0 Å². The van der Waals surface area contributed by atoms with Gasteiger partial charge in [0.15, 0.2) is 0 Å². The Labute approximate surface area is 120 Å². The number of hydrogen-bond donors (Lipinski definition) is 1. The van der Waals surface area contributed by atoms with Crippen molar-refractivity contribution in [3.8, 4) is 11.5 Å². The molecule has 1 aromatic rings. The Bertz CT molecular complexity index is 393. The third-order valence-electron chi connectivity index (χ3n) is 2.80. The topological polar surface area (TPSA) is 47.7 Å². The average molecular weight is 282 g/mol. The summed E-state index contributed by atoms with van der Waals surface area (Å²) in [5, 5.41) is 0. The number of methoxy groups -OCH3 is 1. The molecular weight excluding hydrogens is 260 g/mol. The van der Waals surface area contributed by atoms with Crippen LogP contribution in [-0.2, 0) is 0 Å². The lowest BCUT2D eigenvalue weighted by Crippen LogP contribution is -2.40. The Balaban J connectivity index is 2.40. The quantitative estimate of drug-likeness (QED) is 0.740. The first-order valence-corrected chi connectivity index (χ1v) is 6.73. The van der Waals surface area contributed by atoms with Crippen LogP contribution in [-0.4, -0.2) is 42.7 Å². The van der Waals surface area contributed by atoms with Crippen LogP contribution in [0.1, 0.15) is 13.8 Å². The normalized spacial score (nSPS) is 10.8. The standard InChI is InChI=1S/C14H22N2O2S/c1-11(2)16(10-14(15)19)8-9-18-13-6-4-12(17-3)5-7-13/h4-7,11H,8-10H2,1-3H3,(H2,15,19). The van der Waals surface area contributed by atoms with Gasteiger partial charge in [0.1, 0.15) is 18.1 Å². The zero-order valence-corrected chi connectivity index (χ0v) is 12.6. The van der Waals surface area contributed by atoms with Crippen LogP contribution in [0.2, 0.25) is 0 Å². The number of hydrogen-bond acceptors (Lipinski definition) is 4. The molecule has 0 aliphatic rings. The van der Waals surface area contributed by atoms with Crippen molar-refractivity contribution < 1.29 is 9.47 Å². The van der Waals surface area contributed by atoms with Crippen LogP contribution >= 0.6 is 12.2 Å². The summed E-state index contributed by atoms with van der Waals surface area (Å²) in [6.07, 6.45) is 0. The highest BCUT2D eigenvalue weighted by molar-refractivity contribution is 7.80. The van der Waals surface area contributed by atoms with Crippen molar-refractivity contribution in [2.45, 2.75) is 19.9 Å². The predicted molar refractivity (Wildman–Crippen MR) is 82.0 cm³/mol. The molecule has 1 rings (SSSR count). The Morgan fingerprint density at radius 1 is 1.26 bits per heavy atom. The van der Waals surface area contributed by atoms with E-state index in [0.29, 0.717) is 24.2 Å². The fraction of sp³-hybridized carbons (Fsp3) is 0.500. The molecule has 1 aromatic carbocycles. The van der Waals surface area contributed by atoms with Crippen LogP contribution < -0.4 is 15.2 Å². The maximum absolute atomic E-state index is 5.69. The molecule has 0 aromatic heterocycles. The summed E-state index contributed by atoms with van der Waals surface area (Å²) in [5.74, 6) is 1.66. The van der Waals surface area contributed by atoms with E-state index >= 15 is 0 Å². The van der Waals surface area contributed by atoms with Crippen molar-refractivity contribution in [2.24, 2.45) is 5.73 Å². The molecule has 0 unspecified atom stereocenters. The minimum absolute atomic E-state index is 0.390. The van der Waals surface area contributed by atoms with Crippen molar-refractivity contribution in [3.63, 3.8) is 0 Å². The largest absolute Gasteiger partial charge is 0.497 e. The molecule has 2 N–H and O–H groups in total. The number of benzene rings is 1. The molecule has 0 saturated carbocycles. The van der Waals surface area contributed by atoms with Gasteiger partial charge in [0.05, 0.1) is 12.1 Å². The van der Waals surface area contributed by atoms with E-state index in [-0.39, 0.29) is 0 Å². The molecule has 0 amide bonds. The number of nitrogens with two attached hydrogens (primary N) is 1. The molecule has 19 heavy (non-hydrogen) atoms. The molecule has 0 spiro atoms. The molecule has 0 bridgehead atoms. The van der Waals surface area contributed by atoms with Crippen LogP contribution in [0, 0.1) is 0 Å². The van der Waals surface area contributed by atoms with Gasteiger partial charge in [-0.15, -0.1) is 0 Å². The van der Waals surface area contributed by atoms with Gasteiger partial charge < -0.3 is 15.2 Å². The number of rotatable bonds is 8. The minimum atomic E-state index is 0.390. The first kappa shape index (κ1) is 15.7. The fourth-order valence-corrected chi connectivity index (χ4v) is 1.84. The van der Waals surface area contributed by atoms with Crippen LogP contribution in [0.3, 0.4) is 0 Å². The summed E-state index contributed by atoms with van der Waals surface area (Å²) in [7, 11) is 1.64. The summed E-state index contributed by atoms with van der Waals surface area (Å²) < 4.78 is 10.8. The summed E-state index contributed by atoms with van der Waals surface area (Å²) in [6, 6.07) is 7.94. The summed E-state index contributed by atoms with van der Waals surface area (Å²) in [4.78, 5) is 2.70. The second kappa shape index (κ2) is 7.96. The highest BCUT2D eigenvalue weighted by Crippen LogP contribution is 2.16. The molecular formula is C14H22N2O2S. The highest BCUT2D eigenvalue weighted by Gasteiger charge is 2.10. The maximum Gasteiger partial charge on any atom is 0.119 e. The molecule has 0 atom stereocenters. The molecule has 0 heterocycles. The van der Waals surface area contributed by atoms with Gasteiger partial charge in [0.2, 0.25) is 0 Å². The summed E-state index contributed by atoms with van der Waals surface area (Å²) in [5.41, 5.74) is 5.58. The third-order valence-corrected chi connectivity index (χ3v) is 2.92. The fourth-order valence-electron chi connectivity index (χ4n) is 1.67. The number of nitrogens with zero attached hydrogens (tertiary/aromatic N) is 1. The highest BCUT2D eigenvalue weighted by atomic mass is 32.1. The molecule has 4 nitrogen and oxygen atoms in total. The van der Waals surface area contributed by atoms with Gasteiger partial charge >= 0.3 is 0 Å². The van der Waals surface area contributed by atoms with Crippen molar-refractivity contribution >= 4 is 17.2 Å². The van der Waals surface area contributed by atoms with Gasteiger partial charge in [-0.2, -0.15) is 0 Å². The van der Waals surface area contributed by atoms with Gasteiger partial charge in [0, 0.05) is 19.1 Å². The predicted octanol–water partition coefficient (Wildman–Crippen LogP) is 2.07. The van der Waals surface area contributed by atoms with E-state index in [1.165, 1.54) is 0 Å². The van der Waals surface area contributed by atoms with Crippen LogP contribution in [0.5, 0.6) is 11.5 Å². The average Bonchev–Trinajstić information content (AvgIpc) is 2.37. The van der Waals surface area contributed by atoms with E-state index in [2.05, 4.69) is 18.7 Å². The van der Waals surface area contributed by atoms with Crippen molar-refractivity contribution in [1.29, 1.82) is 0 Å². The van der Waals surface area contributed by atoms with E-state index in [1.807, 2.05) is 24.3 Å². The molecule has 0 fully saturated rings. The van der Waals surface area contributed by atoms with Crippen LogP contribution in [0.25, 0.3) is 0 Å². The third kappa shape index (κ3) is 5.89. The molecule has 5 heteroatoms. The Kier molecular flexibility index (Phi) is 6.59. The van der Waals surface area contributed by atoms with Gasteiger partial charge in [-0.05, 0) is 38.1 Å². The van der Waals surface area contributed by atoms with E-state index in [0.717, 1.165) is 18.0 Å². The minimum Gasteiger partial charge on any atom is -0.497 e. The van der Waals surface area contributed by atoms with Gasteiger partial charge in [0.25, 0.3) is 0 Å². The van der Waals surface area contributed by atoms with E-state index in [1.54, 1.807) is 7.11 Å². The van der Waals surface area contributed by atoms with Gasteiger partial charge in [-0.25, -0.2) is 0 Å². The first-order valence-electron chi connectivity index (χ1n) is 6.32. The lowest BCUT2D eigenvalue weighted by molar-refractivity contribution is 0.196. The van der Waals surface area contributed by atoms with Crippen molar-refractivity contribution in [3.05, 3.63) is 24.3 Å². The van der Waals surface area contributed by atoms with E-state index in [9.17, 15) is 0 Å². The van der Waals surface area contributed by atoms with E-state index in [4.69, 9.17) is 27.4 Å². The zero-order chi connectivity index (χ0) is 14.3. The van der Waals surface area contributed by atoms with Crippen molar-refractivity contribution in [2.75, 3.05) is 26.8 Å². The van der Waals surface area contributed by atoms with Crippen molar-refractivity contribution in [1.82, 2.24) is 4.90 Å².